The molecule has 0 saturated carbocycles. The van der Waals surface area contributed by atoms with E-state index in [1.54, 1.807) is 13.2 Å². The summed E-state index contributed by atoms with van der Waals surface area (Å²) in [6.45, 7) is 0.850. The largest absolute Gasteiger partial charge is 0.493 e. The van der Waals surface area contributed by atoms with Crippen LogP contribution in [0.5, 0.6) is 11.5 Å². The minimum absolute atomic E-state index is 0.170. The molecule has 0 fully saturated rings. The topological polar surface area (TPSA) is 73.9 Å². The SMILES string of the molecule is COc1cc(C(O)CN)cc2c1OCOC2. The van der Waals surface area contributed by atoms with E-state index in [-0.39, 0.29) is 13.3 Å². The third-order valence-electron chi connectivity index (χ3n) is 2.53. The molecule has 1 aromatic carbocycles. The zero-order valence-electron chi connectivity index (χ0n) is 9.10. The van der Waals surface area contributed by atoms with Gasteiger partial charge in [0.15, 0.2) is 18.3 Å². The molecule has 0 bridgehead atoms. The van der Waals surface area contributed by atoms with Crippen LogP contribution in [-0.4, -0.2) is 25.6 Å². The third-order valence-corrected chi connectivity index (χ3v) is 2.53. The summed E-state index contributed by atoms with van der Waals surface area (Å²) in [4.78, 5) is 0. The molecule has 1 aliphatic rings. The Hall–Kier alpha value is -1.30. The van der Waals surface area contributed by atoms with Gasteiger partial charge in [-0.25, -0.2) is 0 Å². The number of hydrogen-bond donors (Lipinski definition) is 2. The van der Waals surface area contributed by atoms with Gasteiger partial charge in [-0.2, -0.15) is 0 Å². The van der Waals surface area contributed by atoms with E-state index in [1.165, 1.54) is 0 Å². The van der Waals surface area contributed by atoms with Gasteiger partial charge in [0.05, 0.1) is 19.8 Å². The Labute approximate surface area is 93.7 Å². The molecule has 16 heavy (non-hydrogen) atoms. The lowest BCUT2D eigenvalue weighted by Gasteiger charge is -2.22. The highest BCUT2D eigenvalue weighted by atomic mass is 16.7. The van der Waals surface area contributed by atoms with Crippen molar-refractivity contribution in [2.45, 2.75) is 12.7 Å². The molecule has 0 amide bonds. The van der Waals surface area contributed by atoms with Gasteiger partial charge in [-0.15, -0.1) is 0 Å². The van der Waals surface area contributed by atoms with Gasteiger partial charge in [-0.1, -0.05) is 0 Å². The van der Waals surface area contributed by atoms with Crippen LogP contribution in [0.3, 0.4) is 0 Å². The Morgan fingerprint density at radius 2 is 2.38 bits per heavy atom. The molecule has 1 aliphatic heterocycles. The number of benzene rings is 1. The molecule has 2 rings (SSSR count). The van der Waals surface area contributed by atoms with E-state index >= 15 is 0 Å². The van der Waals surface area contributed by atoms with Crippen molar-refractivity contribution in [1.82, 2.24) is 0 Å². The molecule has 5 nitrogen and oxygen atoms in total. The van der Waals surface area contributed by atoms with Gasteiger partial charge in [0.25, 0.3) is 0 Å². The number of aliphatic hydroxyl groups excluding tert-OH is 1. The van der Waals surface area contributed by atoms with E-state index in [4.69, 9.17) is 19.9 Å². The van der Waals surface area contributed by atoms with Crippen LogP contribution in [0.1, 0.15) is 17.2 Å². The molecule has 88 valence electrons. The van der Waals surface area contributed by atoms with E-state index in [2.05, 4.69) is 0 Å². The molecule has 0 saturated heterocycles. The highest BCUT2D eigenvalue weighted by Gasteiger charge is 2.19. The van der Waals surface area contributed by atoms with Crippen LogP contribution < -0.4 is 15.2 Å². The van der Waals surface area contributed by atoms with E-state index in [1.807, 2.05) is 6.07 Å². The molecule has 0 spiro atoms. The first kappa shape index (κ1) is 11.2. The van der Waals surface area contributed by atoms with Crippen molar-refractivity contribution in [3.05, 3.63) is 23.3 Å². The summed E-state index contributed by atoms with van der Waals surface area (Å²) in [6, 6.07) is 3.57. The van der Waals surface area contributed by atoms with Crippen LogP contribution in [0.25, 0.3) is 0 Å². The second-order valence-corrected chi connectivity index (χ2v) is 3.57. The van der Waals surface area contributed by atoms with Crippen LogP contribution in [0.15, 0.2) is 12.1 Å². The minimum atomic E-state index is -0.693. The van der Waals surface area contributed by atoms with Gasteiger partial charge in [0.2, 0.25) is 0 Å². The number of nitrogens with two attached hydrogens (primary N) is 1. The summed E-state index contributed by atoms with van der Waals surface area (Å²) < 4.78 is 15.7. The fraction of sp³-hybridized carbons (Fsp3) is 0.455. The second-order valence-electron chi connectivity index (χ2n) is 3.57. The summed E-state index contributed by atoms with van der Waals surface area (Å²) in [6.07, 6.45) is -0.693. The molecule has 1 heterocycles. The predicted molar refractivity (Wildman–Crippen MR) is 57.3 cm³/mol. The van der Waals surface area contributed by atoms with Crippen LogP contribution in [-0.2, 0) is 11.3 Å². The summed E-state index contributed by atoms with van der Waals surface area (Å²) in [5.74, 6) is 1.28. The lowest BCUT2D eigenvalue weighted by atomic mass is 10.0. The zero-order chi connectivity index (χ0) is 11.5. The molecule has 0 radical (unpaired) electrons. The van der Waals surface area contributed by atoms with E-state index in [9.17, 15) is 5.11 Å². The summed E-state index contributed by atoms with van der Waals surface area (Å²) in [7, 11) is 1.56. The highest BCUT2D eigenvalue weighted by molar-refractivity contribution is 5.50. The van der Waals surface area contributed by atoms with Gasteiger partial charge in [-0.3, -0.25) is 0 Å². The first-order chi connectivity index (χ1) is 7.76. The Bertz CT molecular complexity index is 363. The molecular formula is C11H15NO4. The lowest BCUT2D eigenvalue weighted by Crippen LogP contribution is -2.15. The molecule has 5 heteroatoms. The van der Waals surface area contributed by atoms with Crippen molar-refractivity contribution in [3.63, 3.8) is 0 Å². The lowest BCUT2D eigenvalue weighted by molar-refractivity contribution is -0.0181. The fourth-order valence-electron chi connectivity index (χ4n) is 1.69. The standard InChI is InChI=1S/C11H15NO4/c1-14-10-3-7(9(13)4-12)2-8-5-15-6-16-11(8)10/h2-3,9,13H,4-6,12H2,1H3. The van der Waals surface area contributed by atoms with Crippen molar-refractivity contribution in [1.29, 1.82) is 0 Å². The predicted octanol–water partition coefficient (Wildman–Crippen LogP) is 0.554. The molecule has 1 aromatic rings. The van der Waals surface area contributed by atoms with Gasteiger partial charge in [0, 0.05) is 12.1 Å². The summed E-state index contributed by atoms with van der Waals surface area (Å²) in [5, 5.41) is 9.69. The van der Waals surface area contributed by atoms with Gasteiger partial charge >= 0.3 is 0 Å². The number of aliphatic hydroxyl groups is 1. The van der Waals surface area contributed by atoms with Crippen molar-refractivity contribution in [2.24, 2.45) is 5.73 Å². The monoisotopic (exact) mass is 225 g/mol. The van der Waals surface area contributed by atoms with Crippen LogP contribution in [0.4, 0.5) is 0 Å². The quantitative estimate of drug-likeness (QED) is 0.786. The maximum atomic E-state index is 9.69. The van der Waals surface area contributed by atoms with E-state index in [0.29, 0.717) is 23.7 Å². The molecule has 1 atom stereocenters. The number of rotatable bonds is 3. The van der Waals surface area contributed by atoms with Crippen molar-refractivity contribution >= 4 is 0 Å². The van der Waals surface area contributed by atoms with Crippen LogP contribution in [0.2, 0.25) is 0 Å². The van der Waals surface area contributed by atoms with Gasteiger partial charge in [-0.05, 0) is 17.7 Å². The Morgan fingerprint density at radius 3 is 3.06 bits per heavy atom. The fourth-order valence-corrected chi connectivity index (χ4v) is 1.69. The molecular weight excluding hydrogens is 210 g/mol. The average molecular weight is 225 g/mol. The second kappa shape index (κ2) is 4.69. The van der Waals surface area contributed by atoms with Crippen molar-refractivity contribution in [3.8, 4) is 11.5 Å². The normalized spacial score (nSPS) is 16.2. The number of ether oxygens (including phenoxy) is 3. The first-order valence-electron chi connectivity index (χ1n) is 5.05. The Balaban J connectivity index is 2.43. The van der Waals surface area contributed by atoms with Gasteiger partial charge < -0.3 is 25.1 Å². The highest BCUT2D eigenvalue weighted by Crippen LogP contribution is 2.36. The Morgan fingerprint density at radius 1 is 1.56 bits per heavy atom. The van der Waals surface area contributed by atoms with Crippen LogP contribution >= 0.6 is 0 Å². The van der Waals surface area contributed by atoms with Crippen molar-refractivity contribution in [2.75, 3.05) is 20.4 Å². The average Bonchev–Trinajstić information content (AvgIpc) is 2.36. The molecule has 3 N–H and O–H groups in total. The maximum Gasteiger partial charge on any atom is 0.189 e. The molecule has 0 aliphatic carbocycles. The Kier molecular flexibility index (Phi) is 3.28. The smallest absolute Gasteiger partial charge is 0.189 e. The number of methoxy groups -OCH3 is 1. The van der Waals surface area contributed by atoms with Crippen molar-refractivity contribution < 1.29 is 19.3 Å². The zero-order valence-corrected chi connectivity index (χ0v) is 9.10. The minimum Gasteiger partial charge on any atom is -0.493 e. The third kappa shape index (κ3) is 1.97. The number of fused-ring (bicyclic) bond motifs is 1. The first-order valence-corrected chi connectivity index (χ1v) is 5.05. The van der Waals surface area contributed by atoms with Gasteiger partial charge in [0.1, 0.15) is 0 Å². The molecule has 1 unspecified atom stereocenters. The number of hydrogen-bond acceptors (Lipinski definition) is 5. The van der Waals surface area contributed by atoms with E-state index in [0.717, 1.165) is 5.56 Å². The molecule has 0 aromatic heterocycles. The summed E-state index contributed by atoms with van der Waals surface area (Å²) >= 11 is 0. The maximum absolute atomic E-state index is 9.69. The van der Waals surface area contributed by atoms with E-state index < -0.39 is 6.10 Å². The summed E-state index contributed by atoms with van der Waals surface area (Å²) in [5.41, 5.74) is 7.00. The van der Waals surface area contributed by atoms with Crippen LogP contribution in [0, 0.1) is 0 Å².